The smallest absolute Gasteiger partial charge is 0.126 e. The van der Waals surface area contributed by atoms with E-state index in [1.54, 1.807) is 7.11 Å². The first-order valence-electron chi connectivity index (χ1n) is 4.97. The SMILES string of the molecule is COc1cccc(Cl)c1C1CNCCO1. The molecular weight excluding hydrogens is 214 g/mol. The molecule has 1 aliphatic rings. The molecule has 1 aromatic rings. The van der Waals surface area contributed by atoms with Gasteiger partial charge in [-0.05, 0) is 12.1 Å². The van der Waals surface area contributed by atoms with Crippen LogP contribution in [-0.2, 0) is 4.74 Å². The fourth-order valence-corrected chi connectivity index (χ4v) is 2.05. The van der Waals surface area contributed by atoms with Gasteiger partial charge in [0.15, 0.2) is 0 Å². The third-order valence-electron chi connectivity index (χ3n) is 2.48. The topological polar surface area (TPSA) is 30.5 Å². The Morgan fingerprint density at radius 3 is 3.07 bits per heavy atom. The third-order valence-corrected chi connectivity index (χ3v) is 2.81. The molecule has 1 unspecified atom stereocenters. The number of hydrogen-bond donors (Lipinski definition) is 1. The minimum Gasteiger partial charge on any atom is -0.496 e. The van der Waals surface area contributed by atoms with E-state index in [0.29, 0.717) is 11.6 Å². The zero-order valence-corrected chi connectivity index (χ0v) is 9.38. The number of halogens is 1. The first kappa shape index (κ1) is 10.7. The van der Waals surface area contributed by atoms with Crippen LogP contribution >= 0.6 is 11.6 Å². The summed E-state index contributed by atoms with van der Waals surface area (Å²) >= 11 is 6.15. The van der Waals surface area contributed by atoms with Gasteiger partial charge in [-0.1, -0.05) is 17.7 Å². The van der Waals surface area contributed by atoms with E-state index in [0.717, 1.165) is 24.4 Å². The first-order chi connectivity index (χ1) is 7.33. The van der Waals surface area contributed by atoms with Crippen LogP contribution in [0.2, 0.25) is 5.02 Å². The molecule has 1 aromatic carbocycles. The second kappa shape index (κ2) is 4.84. The van der Waals surface area contributed by atoms with Gasteiger partial charge >= 0.3 is 0 Å². The third kappa shape index (κ3) is 2.25. The van der Waals surface area contributed by atoms with E-state index < -0.39 is 0 Å². The summed E-state index contributed by atoms with van der Waals surface area (Å²) in [7, 11) is 1.64. The Bertz CT molecular complexity index is 337. The lowest BCUT2D eigenvalue weighted by Gasteiger charge is -2.26. The molecule has 15 heavy (non-hydrogen) atoms. The van der Waals surface area contributed by atoms with Crippen molar-refractivity contribution in [3.8, 4) is 5.75 Å². The van der Waals surface area contributed by atoms with Gasteiger partial charge in [0, 0.05) is 18.7 Å². The molecule has 1 N–H and O–H groups in total. The van der Waals surface area contributed by atoms with Crippen LogP contribution < -0.4 is 10.1 Å². The monoisotopic (exact) mass is 227 g/mol. The van der Waals surface area contributed by atoms with E-state index in [1.807, 2.05) is 18.2 Å². The van der Waals surface area contributed by atoms with Crippen LogP contribution in [0.1, 0.15) is 11.7 Å². The first-order valence-corrected chi connectivity index (χ1v) is 5.35. The molecule has 3 nitrogen and oxygen atoms in total. The molecule has 1 saturated heterocycles. The van der Waals surface area contributed by atoms with Crippen molar-refractivity contribution in [1.82, 2.24) is 5.32 Å². The molecule has 0 radical (unpaired) electrons. The molecule has 82 valence electrons. The van der Waals surface area contributed by atoms with Crippen molar-refractivity contribution in [2.45, 2.75) is 6.10 Å². The summed E-state index contributed by atoms with van der Waals surface area (Å²) in [6, 6.07) is 5.64. The maximum atomic E-state index is 6.15. The van der Waals surface area contributed by atoms with Crippen molar-refractivity contribution in [2.75, 3.05) is 26.8 Å². The average Bonchev–Trinajstić information content (AvgIpc) is 2.29. The van der Waals surface area contributed by atoms with Crippen molar-refractivity contribution in [2.24, 2.45) is 0 Å². The molecule has 1 atom stereocenters. The molecule has 0 saturated carbocycles. The lowest BCUT2D eigenvalue weighted by molar-refractivity contribution is 0.0263. The van der Waals surface area contributed by atoms with Crippen molar-refractivity contribution in [3.05, 3.63) is 28.8 Å². The zero-order chi connectivity index (χ0) is 10.7. The second-order valence-corrected chi connectivity index (χ2v) is 3.83. The predicted octanol–water partition coefficient (Wildman–Crippen LogP) is 2.01. The summed E-state index contributed by atoms with van der Waals surface area (Å²) in [6.45, 7) is 2.38. The standard InChI is InChI=1S/C11H14ClNO2/c1-14-9-4-2-3-8(12)11(9)10-7-13-5-6-15-10/h2-4,10,13H,5-7H2,1H3. The van der Waals surface area contributed by atoms with Gasteiger partial charge in [-0.25, -0.2) is 0 Å². The molecule has 0 aromatic heterocycles. The van der Waals surface area contributed by atoms with Gasteiger partial charge in [0.1, 0.15) is 5.75 Å². The fourth-order valence-electron chi connectivity index (χ4n) is 1.76. The van der Waals surface area contributed by atoms with Crippen molar-refractivity contribution < 1.29 is 9.47 Å². The van der Waals surface area contributed by atoms with Crippen LogP contribution in [0, 0.1) is 0 Å². The highest BCUT2D eigenvalue weighted by Gasteiger charge is 2.21. The Kier molecular flexibility index (Phi) is 3.46. The summed E-state index contributed by atoms with van der Waals surface area (Å²) in [6.07, 6.45) is -0.0117. The molecule has 1 aliphatic heterocycles. The van der Waals surface area contributed by atoms with E-state index in [9.17, 15) is 0 Å². The molecule has 0 spiro atoms. The molecule has 0 bridgehead atoms. The Hall–Kier alpha value is -0.770. The molecule has 1 heterocycles. The zero-order valence-electron chi connectivity index (χ0n) is 8.63. The van der Waals surface area contributed by atoms with Gasteiger partial charge in [0.05, 0.1) is 24.8 Å². The number of benzene rings is 1. The quantitative estimate of drug-likeness (QED) is 0.839. The van der Waals surface area contributed by atoms with Gasteiger partial charge in [0.25, 0.3) is 0 Å². The normalized spacial score (nSPS) is 21.3. The summed E-state index contributed by atoms with van der Waals surface area (Å²) in [5.74, 6) is 0.788. The Morgan fingerprint density at radius 1 is 1.53 bits per heavy atom. The number of methoxy groups -OCH3 is 1. The van der Waals surface area contributed by atoms with Crippen LogP contribution in [-0.4, -0.2) is 26.8 Å². The molecule has 1 fully saturated rings. The lowest BCUT2D eigenvalue weighted by Crippen LogP contribution is -2.33. The van der Waals surface area contributed by atoms with Crippen LogP contribution in [0.15, 0.2) is 18.2 Å². The van der Waals surface area contributed by atoms with Gasteiger partial charge in [-0.15, -0.1) is 0 Å². The summed E-state index contributed by atoms with van der Waals surface area (Å²) in [4.78, 5) is 0. The largest absolute Gasteiger partial charge is 0.496 e. The highest BCUT2D eigenvalue weighted by Crippen LogP contribution is 2.34. The van der Waals surface area contributed by atoms with E-state index in [1.165, 1.54) is 0 Å². The van der Waals surface area contributed by atoms with E-state index in [4.69, 9.17) is 21.1 Å². The fraction of sp³-hybridized carbons (Fsp3) is 0.455. The number of rotatable bonds is 2. The van der Waals surface area contributed by atoms with Crippen LogP contribution in [0.5, 0.6) is 5.75 Å². The minimum absolute atomic E-state index is 0.0117. The van der Waals surface area contributed by atoms with Crippen LogP contribution in [0.25, 0.3) is 0 Å². The minimum atomic E-state index is -0.0117. The Labute approximate surface area is 94.3 Å². The summed E-state index contributed by atoms with van der Waals surface area (Å²) < 4.78 is 10.9. The van der Waals surface area contributed by atoms with E-state index in [-0.39, 0.29) is 6.10 Å². The van der Waals surface area contributed by atoms with Gasteiger partial charge in [-0.3, -0.25) is 0 Å². The van der Waals surface area contributed by atoms with Crippen LogP contribution in [0.3, 0.4) is 0 Å². The van der Waals surface area contributed by atoms with Gasteiger partial charge < -0.3 is 14.8 Å². The second-order valence-electron chi connectivity index (χ2n) is 3.42. The highest BCUT2D eigenvalue weighted by atomic mass is 35.5. The maximum Gasteiger partial charge on any atom is 0.126 e. The molecule has 4 heteroatoms. The predicted molar refractivity (Wildman–Crippen MR) is 59.6 cm³/mol. The van der Waals surface area contributed by atoms with Crippen LogP contribution in [0.4, 0.5) is 0 Å². The Balaban J connectivity index is 2.31. The Morgan fingerprint density at radius 2 is 2.40 bits per heavy atom. The summed E-state index contributed by atoms with van der Waals surface area (Å²) in [5, 5.41) is 3.97. The van der Waals surface area contributed by atoms with Gasteiger partial charge in [-0.2, -0.15) is 0 Å². The van der Waals surface area contributed by atoms with Crippen molar-refractivity contribution in [1.29, 1.82) is 0 Å². The average molecular weight is 228 g/mol. The summed E-state index contributed by atoms with van der Waals surface area (Å²) in [5.41, 5.74) is 0.939. The maximum absolute atomic E-state index is 6.15. The van der Waals surface area contributed by atoms with E-state index >= 15 is 0 Å². The van der Waals surface area contributed by atoms with Crippen molar-refractivity contribution in [3.63, 3.8) is 0 Å². The van der Waals surface area contributed by atoms with E-state index in [2.05, 4.69) is 5.32 Å². The lowest BCUT2D eigenvalue weighted by atomic mass is 10.1. The molecule has 0 aliphatic carbocycles. The highest BCUT2D eigenvalue weighted by molar-refractivity contribution is 6.31. The molecule has 2 rings (SSSR count). The molecule has 0 amide bonds. The van der Waals surface area contributed by atoms with Gasteiger partial charge in [0.2, 0.25) is 0 Å². The number of ether oxygens (including phenoxy) is 2. The number of nitrogens with one attached hydrogen (secondary N) is 1. The number of morpholine rings is 1. The number of hydrogen-bond acceptors (Lipinski definition) is 3. The molecular formula is C11H14ClNO2. The van der Waals surface area contributed by atoms with Crippen molar-refractivity contribution >= 4 is 11.6 Å².